The third-order valence-electron chi connectivity index (χ3n) is 6.27. The van der Waals surface area contributed by atoms with E-state index < -0.39 is 20.7 Å². The van der Waals surface area contributed by atoms with E-state index in [-0.39, 0.29) is 6.04 Å². The normalized spacial score (nSPS) is 21.9. The molecule has 35 heavy (non-hydrogen) atoms. The lowest BCUT2D eigenvalue weighted by molar-refractivity contribution is 0.327. The number of alkyl halides is 1. The van der Waals surface area contributed by atoms with Crippen LogP contribution < -0.4 is 10.8 Å². The number of allylic oxidation sites excluding steroid dienone is 3. The monoisotopic (exact) mass is 547 g/mol. The highest BCUT2D eigenvalue weighted by Crippen LogP contribution is 2.32. The first kappa shape index (κ1) is 24.7. The molecule has 0 amide bonds. The van der Waals surface area contributed by atoms with Crippen molar-refractivity contribution in [3.8, 4) is 11.3 Å². The van der Waals surface area contributed by atoms with Crippen molar-refractivity contribution in [1.82, 2.24) is 18.9 Å². The van der Waals surface area contributed by atoms with Gasteiger partial charge in [-0.2, -0.15) is 9.61 Å². The van der Waals surface area contributed by atoms with E-state index in [1.54, 1.807) is 28.9 Å². The van der Waals surface area contributed by atoms with Gasteiger partial charge in [-0.25, -0.2) is 17.7 Å². The zero-order valence-electron chi connectivity index (χ0n) is 18.5. The van der Waals surface area contributed by atoms with E-state index in [9.17, 15) is 8.42 Å². The van der Waals surface area contributed by atoms with Gasteiger partial charge in [0.15, 0.2) is 5.65 Å². The molecule has 180 valence electrons. The largest absolute Gasteiger partial charge is 0.367 e. The van der Waals surface area contributed by atoms with Gasteiger partial charge < -0.3 is 5.32 Å². The van der Waals surface area contributed by atoms with Crippen molar-refractivity contribution in [1.29, 1.82) is 0 Å². The van der Waals surface area contributed by atoms with E-state index in [0.29, 0.717) is 58.6 Å². The van der Waals surface area contributed by atoms with Crippen molar-refractivity contribution in [3.63, 3.8) is 0 Å². The van der Waals surface area contributed by atoms with E-state index in [4.69, 9.17) is 42.6 Å². The summed E-state index contributed by atoms with van der Waals surface area (Å²) in [5.74, 6) is 0.705. The van der Waals surface area contributed by atoms with E-state index in [1.165, 1.54) is 4.31 Å². The number of hydrogen-bond acceptors (Lipinski definition) is 5. The molecule has 1 aliphatic heterocycles. The highest BCUT2D eigenvalue weighted by molar-refractivity contribution is 7.90. The molecule has 1 N–H and O–H groups in total. The van der Waals surface area contributed by atoms with Gasteiger partial charge in [0.1, 0.15) is 18.9 Å². The minimum atomic E-state index is -3.64. The maximum atomic E-state index is 13.2. The first-order chi connectivity index (χ1) is 16.8. The number of benzene rings is 1. The zero-order chi connectivity index (χ0) is 24.7. The molecule has 2 unspecified atom stereocenters. The first-order valence-electron chi connectivity index (χ1n) is 11.1. The molecule has 2 aliphatic rings. The lowest BCUT2D eigenvalue weighted by Gasteiger charge is -2.35. The quantitative estimate of drug-likeness (QED) is 0.389. The summed E-state index contributed by atoms with van der Waals surface area (Å²) in [5.41, 5.74) is 2.42. The Bertz CT molecular complexity index is 1430. The molecule has 0 spiro atoms. The Balaban J connectivity index is 1.35. The molecule has 2 atom stereocenters. The van der Waals surface area contributed by atoms with Crippen LogP contribution >= 0.6 is 34.8 Å². The van der Waals surface area contributed by atoms with Crippen LogP contribution in [0.4, 0.5) is 5.82 Å². The average molecular weight is 549 g/mol. The Hall–Kier alpha value is -2.04. The van der Waals surface area contributed by atoms with Crippen LogP contribution in [-0.4, -0.2) is 64.9 Å². The molecule has 1 aromatic carbocycles. The molecular weight excluding hydrogens is 528 g/mol. The fourth-order valence-electron chi connectivity index (χ4n) is 4.38. The maximum Gasteiger partial charge on any atom is 0.222 e. The molecule has 12 heteroatoms. The van der Waals surface area contributed by atoms with Crippen LogP contribution in [0.3, 0.4) is 0 Å². The number of sulfonamides is 1. The molecule has 3 aromatic rings. The van der Waals surface area contributed by atoms with E-state index in [0.717, 1.165) is 5.56 Å². The summed E-state index contributed by atoms with van der Waals surface area (Å²) in [6.07, 6.45) is 7.62. The van der Waals surface area contributed by atoms with E-state index in [1.807, 2.05) is 30.3 Å². The Morgan fingerprint density at radius 3 is 2.63 bits per heavy atom. The second-order valence-corrected chi connectivity index (χ2v) is 11.9. The summed E-state index contributed by atoms with van der Waals surface area (Å²) in [4.78, 5) is 4.66. The Kier molecular flexibility index (Phi) is 6.89. The van der Waals surface area contributed by atoms with E-state index in [2.05, 4.69) is 15.4 Å². The number of piperidine rings is 1. The second kappa shape index (κ2) is 9.79. The molecule has 1 aliphatic carbocycles. The summed E-state index contributed by atoms with van der Waals surface area (Å²) < 4.78 is 29.6. The van der Waals surface area contributed by atoms with Crippen molar-refractivity contribution in [2.24, 2.45) is 0 Å². The molecule has 2 aromatic heterocycles. The van der Waals surface area contributed by atoms with Gasteiger partial charge in [0.05, 0.1) is 11.1 Å². The summed E-state index contributed by atoms with van der Waals surface area (Å²) >= 11 is 18.8. The van der Waals surface area contributed by atoms with Crippen LogP contribution in [0.5, 0.6) is 0 Å². The minimum Gasteiger partial charge on any atom is -0.367 e. The van der Waals surface area contributed by atoms with Gasteiger partial charge in [-0.1, -0.05) is 53.6 Å². The van der Waals surface area contributed by atoms with E-state index >= 15 is 0 Å². The molecule has 1 saturated heterocycles. The summed E-state index contributed by atoms with van der Waals surface area (Å²) in [6, 6.07) is 9.36. The van der Waals surface area contributed by atoms with Gasteiger partial charge in [0.25, 0.3) is 0 Å². The molecular formula is C23H21BCl3N5O2S. The minimum absolute atomic E-state index is 0.0220. The highest BCUT2D eigenvalue weighted by atomic mass is 35.5. The van der Waals surface area contributed by atoms with Gasteiger partial charge in [-0.05, 0) is 30.4 Å². The SMILES string of the molecule is [B]c1cnn2c(NC3CCN(S(=O)(=O)C4C=CC=C(Cl)C4Cl)CC3)cc(-c3ccccc3Cl)nc12. The number of anilines is 1. The summed E-state index contributed by atoms with van der Waals surface area (Å²) in [5, 5.41) is 7.10. The summed E-state index contributed by atoms with van der Waals surface area (Å²) in [7, 11) is 2.47. The summed E-state index contributed by atoms with van der Waals surface area (Å²) in [6.45, 7) is 0.726. The van der Waals surface area contributed by atoms with Crippen LogP contribution in [0.15, 0.2) is 59.8 Å². The molecule has 3 heterocycles. The maximum absolute atomic E-state index is 13.2. The lowest BCUT2D eigenvalue weighted by atomic mass is 10.0. The molecule has 1 fully saturated rings. The third-order valence-corrected chi connectivity index (χ3v) is 9.93. The Morgan fingerprint density at radius 1 is 1.14 bits per heavy atom. The van der Waals surface area contributed by atoms with Gasteiger partial charge in [0, 0.05) is 47.0 Å². The van der Waals surface area contributed by atoms with Crippen molar-refractivity contribution in [2.45, 2.75) is 29.5 Å². The van der Waals surface area contributed by atoms with Crippen molar-refractivity contribution in [3.05, 3.63) is 64.8 Å². The predicted octanol–water partition coefficient (Wildman–Crippen LogP) is 3.72. The average Bonchev–Trinajstić information content (AvgIpc) is 3.22. The standard InChI is InChI=1S/C23H21BCl3N5O2S/c24-16-13-28-32-21(12-19(30-23(16)32)15-4-1-2-5-17(15)25)29-14-8-10-31(11-9-14)35(33,34)20-7-3-6-18(26)22(20)27/h1-7,12-14,20,22,29H,8-11H2. The topological polar surface area (TPSA) is 79.6 Å². The number of rotatable bonds is 5. The second-order valence-electron chi connectivity index (χ2n) is 8.51. The number of fused-ring (bicyclic) bond motifs is 1. The molecule has 7 nitrogen and oxygen atoms in total. The third kappa shape index (κ3) is 4.72. The van der Waals surface area contributed by atoms with Crippen LogP contribution in [0.2, 0.25) is 5.02 Å². The zero-order valence-corrected chi connectivity index (χ0v) is 21.6. The molecule has 2 radical (unpaired) electrons. The lowest BCUT2D eigenvalue weighted by Crippen LogP contribution is -2.48. The van der Waals surface area contributed by atoms with Gasteiger partial charge in [-0.3, -0.25) is 0 Å². The predicted molar refractivity (Wildman–Crippen MR) is 142 cm³/mol. The van der Waals surface area contributed by atoms with Crippen LogP contribution in [0.25, 0.3) is 16.9 Å². The number of aromatic nitrogens is 3. The Labute approximate surface area is 220 Å². The first-order valence-corrected chi connectivity index (χ1v) is 13.8. The van der Waals surface area contributed by atoms with Gasteiger partial charge >= 0.3 is 0 Å². The molecule has 0 bridgehead atoms. The van der Waals surface area contributed by atoms with Gasteiger partial charge in [0.2, 0.25) is 10.0 Å². The fraction of sp³-hybridized carbons (Fsp3) is 0.304. The number of halogens is 3. The molecule has 0 saturated carbocycles. The highest BCUT2D eigenvalue weighted by Gasteiger charge is 2.39. The van der Waals surface area contributed by atoms with Crippen LogP contribution in [0, 0.1) is 0 Å². The number of hydrogen-bond donors (Lipinski definition) is 1. The molecule has 5 rings (SSSR count). The number of nitrogens with zero attached hydrogens (tertiary/aromatic N) is 4. The van der Waals surface area contributed by atoms with Crippen LogP contribution in [-0.2, 0) is 10.0 Å². The van der Waals surface area contributed by atoms with Crippen LogP contribution in [0.1, 0.15) is 12.8 Å². The van der Waals surface area contributed by atoms with Crippen molar-refractivity contribution in [2.75, 3.05) is 18.4 Å². The van der Waals surface area contributed by atoms with Crippen molar-refractivity contribution >= 4 is 69.6 Å². The van der Waals surface area contributed by atoms with Gasteiger partial charge in [-0.15, -0.1) is 11.6 Å². The van der Waals surface area contributed by atoms with Crippen molar-refractivity contribution < 1.29 is 8.42 Å². The number of nitrogens with one attached hydrogen (secondary N) is 1. The fourth-order valence-corrected chi connectivity index (χ4v) is 7.24. The Morgan fingerprint density at radius 2 is 1.89 bits per heavy atom. The smallest absolute Gasteiger partial charge is 0.222 e.